The third kappa shape index (κ3) is 2.49. The lowest BCUT2D eigenvalue weighted by molar-refractivity contribution is 0.311. The van der Waals surface area contributed by atoms with Crippen molar-refractivity contribution in [1.82, 2.24) is 0 Å². The number of fused-ring (bicyclic) bond motifs is 1. The Balaban J connectivity index is 2.53. The fourth-order valence-electron chi connectivity index (χ4n) is 2.05. The molecule has 4 nitrogen and oxygen atoms in total. The first kappa shape index (κ1) is 13.6. The molecule has 1 aromatic heterocycles. The smallest absolute Gasteiger partial charge is 0.339 e. The minimum absolute atomic E-state index is 0.285. The van der Waals surface area contributed by atoms with Crippen LogP contribution in [-0.4, -0.2) is 13.2 Å². The maximum absolute atomic E-state index is 11.8. The standard InChI is InChI=1S/C15H19NO3/c1-9-10(2)15(17)19-14-11(3)13(6-5-12(9)14)18-8-4-7-16/h5-6H,4,7-8,16H2,1-3H3. The van der Waals surface area contributed by atoms with E-state index >= 15 is 0 Å². The molecule has 0 bridgehead atoms. The summed E-state index contributed by atoms with van der Waals surface area (Å²) in [5.74, 6) is 0.743. The van der Waals surface area contributed by atoms with Crippen LogP contribution in [0, 0.1) is 20.8 Å². The van der Waals surface area contributed by atoms with Gasteiger partial charge < -0.3 is 14.9 Å². The van der Waals surface area contributed by atoms with E-state index in [2.05, 4.69) is 0 Å². The maximum Gasteiger partial charge on any atom is 0.339 e. The van der Waals surface area contributed by atoms with Crippen LogP contribution in [0.15, 0.2) is 21.3 Å². The molecule has 0 aliphatic heterocycles. The second-order valence-corrected chi connectivity index (χ2v) is 4.70. The minimum Gasteiger partial charge on any atom is -0.493 e. The van der Waals surface area contributed by atoms with E-state index in [9.17, 15) is 4.79 Å². The molecule has 0 spiro atoms. The predicted octanol–water partition coefficient (Wildman–Crippen LogP) is 2.45. The van der Waals surface area contributed by atoms with Crippen LogP contribution in [0.1, 0.15) is 23.1 Å². The van der Waals surface area contributed by atoms with Gasteiger partial charge in [0.15, 0.2) is 0 Å². The van der Waals surface area contributed by atoms with Gasteiger partial charge in [-0.2, -0.15) is 0 Å². The van der Waals surface area contributed by atoms with Crippen molar-refractivity contribution in [3.05, 3.63) is 39.2 Å². The molecule has 0 saturated carbocycles. The molecule has 2 rings (SSSR count). The molecule has 1 heterocycles. The van der Waals surface area contributed by atoms with Gasteiger partial charge in [0.05, 0.1) is 6.61 Å². The number of rotatable bonds is 4. The van der Waals surface area contributed by atoms with Crippen LogP contribution in [0.3, 0.4) is 0 Å². The summed E-state index contributed by atoms with van der Waals surface area (Å²) in [6.45, 7) is 6.78. The molecule has 0 amide bonds. The lowest BCUT2D eigenvalue weighted by Gasteiger charge is -2.12. The Bertz CT molecular complexity index is 658. The van der Waals surface area contributed by atoms with Crippen molar-refractivity contribution in [3.63, 3.8) is 0 Å². The first-order chi connectivity index (χ1) is 9.06. The summed E-state index contributed by atoms with van der Waals surface area (Å²) in [5.41, 5.74) is 8.24. The molecule has 0 unspecified atom stereocenters. The number of aryl methyl sites for hydroxylation is 2. The lowest BCUT2D eigenvalue weighted by Crippen LogP contribution is -2.08. The molecule has 2 aromatic rings. The topological polar surface area (TPSA) is 65.5 Å². The van der Waals surface area contributed by atoms with Gasteiger partial charge in [0.2, 0.25) is 0 Å². The van der Waals surface area contributed by atoms with Gasteiger partial charge in [-0.25, -0.2) is 4.79 Å². The SMILES string of the molecule is Cc1c(C)c2ccc(OCCCN)c(C)c2oc1=O. The maximum atomic E-state index is 11.8. The zero-order valence-electron chi connectivity index (χ0n) is 11.6. The van der Waals surface area contributed by atoms with Gasteiger partial charge >= 0.3 is 5.63 Å². The molecule has 1 aromatic carbocycles. The fourth-order valence-corrected chi connectivity index (χ4v) is 2.05. The van der Waals surface area contributed by atoms with Crippen LogP contribution < -0.4 is 16.1 Å². The summed E-state index contributed by atoms with van der Waals surface area (Å²) in [6.07, 6.45) is 0.800. The van der Waals surface area contributed by atoms with E-state index in [0.29, 0.717) is 24.3 Å². The molecule has 0 radical (unpaired) electrons. The van der Waals surface area contributed by atoms with Crippen molar-refractivity contribution in [2.24, 2.45) is 5.73 Å². The van der Waals surface area contributed by atoms with E-state index < -0.39 is 0 Å². The van der Waals surface area contributed by atoms with Crippen molar-refractivity contribution < 1.29 is 9.15 Å². The van der Waals surface area contributed by atoms with E-state index in [-0.39, 0.29) is 5.63 Å². The van der Waals surface area contributed by atoms with Crippen LogP contribution in [0.4, 0.5) is 0 Å². The van der Waals surface area contributed by atoms with Crippen LogP contribution in [0.2, 0.25) is 0 Å². The summed E-state index contributed by atoms with van der Waals surface area (Å²) in [7, 11) is 0. The molecule has 0 saturated heterocycles. The molecule has 102 valence electrons. The fraction of sp³-hybridized carbons (Fsp3) is 0.400. The molecule has 0 aliphatic rings. The quantitative estimate of drug-likeness (QED) is 0.678. The van der Waals surface area contributed by atoms with Gasteiger partial charge in [0, 0.05) is 16.5 Å². The molecular formula is C15H19NO3. The highest BCUT2D eigenvalue weighted by Crippen LogP contribution is 2.29. The van der Waals surface area contributed by atoms with Crippen LogP contribution in [0.25, 0.3) is 11.0 Å². The van der Waals surface area contributed by atoms with Crippen LogP contribution in [-0.2, 0) is 0 Å². The summed E-state index contributed by atoms with van der Waals surface area (Å²) in [4.78, 5) is 11.8. The Labute approximate surface area is 112 Å². The second kappa shape index (κ2) is 5.45. The Morgan fingerprint density at radius 3 is 2.58 bits per heavy atom. The minimum atomic E-state index is -0.285. The first-order valence-electron chi connectivity index (χ1n) is 6.42. The largest absolute Gasteiger partial charge is 0.493 e. The molecule has 2 N–H and O–H groups in total. The number of hydrogen-bond acceptors (Lipinski definition) is 4. The summed E-state index contributed by atoms with van der Waals surface area (Å²) >= 11 is 0. The monoisotopic (exact) mass is 261 g/mol. The summed E-state index contributed by atoms with van der Waals surface area (Å²) in [6, 6.07) is 3.85. The summed E-state index contributed by atoms with van der Waals surface area (Å²) in [5, 5.41) is 0.959. The van der Waals surface area contributed by atoms with Gasteiger partial charge in [0.25, 0.3) is 0 Å². The summed E-state index contributed by atoms with van der Waals surface area (Å²) < 4.78 is 11.0. The van der Waals surface area contributed by atoms with Crippen molar-refractivity contribution in [2.45, 2.75) is 27.2 Å². The Hall–Kier alpha value is -1.81. The molecule has 0 atom stereocenters. The average molecular weight is 261 g/mol. The molecule has 19 heavy (non-hydrogen) atoms. The van der Waals surface area contributed by atoms with Gasteiger partial charge in [0.1, 0.15) is 11.3 Å². The average Bonchev–Trinajstić information content (AvgIpc) is 2.40. The van der Waals surface area contributed by atoms with E-state index in [4.69, 9.17) is 14.9 Å². The lowest BCUT2D eigenvalue weighted by atomic mass is 10.0. The highest BCUT2D eigenvalue weighted by atomic mass is 16.5. The Morgan fingerprint density at radius 1 is 1.16 bits per heavy atom. The van der Waals surface area contributed by atoms with Crippen molar-refractivity contribution in [2.75, 3.05) is 13.2 Å². The molecule has 0 aliphatic carbocycles. The number of hydrogen-bond donors (Lipinski definition) is 1. The third-order valence-corrected chi connectivity index (χ3v) is 3.43. The molecular weight excluding hydrogens is 242 g/mol. The first-order valence-corrected chi connectivity index (χ1v) is 6.42. The van der Waals surface area contributed by atoms with Crippen molar-refractivity contribution in [3.8, 4) is 5.75 Å². The van der Waals surface area contributed by atoms with Gasteiger partial charge in [-0.15, -0.1) is 0 Å². The second-order valence-electron chi connectivity index (χ2n) is 4.70. The Morgan fingerprint density at radius 2 is 1.89 bits per heavy atom. The highest BCUT2D eigenvalue weighted by Gasteiger charge is 2.12. The van der Waals surface area contributed by atoms with E-state index in [0.717, 1.165) is 28.7 Å². The number of benzene rings is 1. The van der Waals surface area contributed by atoms with Crippen LogP contribution in [0.5, 0.6) is 5.75 Å². The van der Waals surface area contributed by atoms with E-state index in [1.165, 1.54) is 0 Å². The predicted molar refractivity (Wildman–Crippen MR) is 75.9 cm³/mol. The van der Waals surface area contributed by atoms with E-state index in [1.54, 1.807) is 6.92 Å². The Kier molecular flexibility index (Phi) is 3.90. The zero-order chi connectivity index (χ0) is 14.0. The van der Waals surface area contributed by atoms with Crippen molar-refractivity contribution >= 4 is 11.0 Å². The van der Waals surface area contributed by atoms with E-state index in [1.807, 2.05) is 26.0 Å². The van der Waals surface area contributed by atoms with Crippen molar-refractivity contribution in [1.29, 1.82) is 0 Å². The third-order valence-electron chi connectivity index (χ3n) is 3.43. The van der Waals surface area contributed by atoms with Gasteiger partial charge in [-0.1, -0.05) is 0 Å². The van der Waals surface area contributed by atoms with Gasteiger partial charge in [-0.3, -0.25) is 0 Å². The normalized spacial score (nSPS) is 10.9. The zero-order valence-corrected chi connectivity index (χ0v) is 11.6. The highest BCUT2D eigenvalue weighted by molar-refractivity contribution is 5.85. The number of ether oxygens (including phenoxy) is 1. The number of nitrogens with two attached hydrogens (primary N) is 1. The van der Waals surface area contributed by atoms with Gasteiger partial charge in [-0.05, 0) is 51.4 Å². The molecule has 0 fully saturated rings. The molecule has 4 heteroatoms. The van der Waals surface area contributed by atoms with Crippen LogP contribution >= 0.6 is 0 Å².